The summed E-state index contributed by atoms with van der Waals surface area (Å²) in [5.74, 6) is 0.461. The summed E-state index contributed by atoms with van der Waals surface area (Å²) in [5, 5.41) is 0.0881. The number of Topliss-reactive ketones (excluding diaryl/α,β-unsaturated/α-hetero) is 1. The predicted molar refractivity (Wildman–Crippen MR) is 84.8 cm³/mol. The molecule has 8 heteroatoms. The van der Waals surface area contributed by atoms with Gasteiger partial charge in [0, 0.05) is 11.6 Å². The fourth-order valence-electron chi connectivity index (χ4n) is 2.18. The molecule has 1 heterocycles. The molecule has 2 aromatic carbocycles. The fourth-order valence-corrected chi connectivity index (χ4v) is 3.77. The Morgan fingerprint density at radius 3 is 2.48 bits per heavy atom. The van der Waals surface area contributed by atoms with Crippen molar-refractivity contribution in [2.24, 2.45) is 0 Å². The average Bonchev–Trinajstić information content (AvgIpc) is 2.93. The Labute approximate surface area is 138 Å². The minimum absolute atomic E-state index is 0.0212. The smallest absolute Gasteiger partial charge is 0.263 e. The van der Waals surface area contributed by atoms with Gasteiger partial charge in [0.15, 0.2) is 17.3 Å². The number of rotatable bonds is 4. The van der Waals surface area contributed by atoms with Crippen molar-refractivity contribution in [1.29, 1.82) is 0 Å². The minimum atomic E-state index is -3.95. The van der Waals surface area contributed by atoms with Crippen LogP contribution in [0.4, 0.5) is 5.69 Å². The predicted octanol–water partition coefficient (Wildman–Crippen LogP) is 3.07. The van der Waals surface area contributed by atoms with Gasteiger partial charge in [0.05, 0.1) is 10.7 Å². The maximum absolute atomic E-state index is 12.5. The first-order valence-corrected chi connectivity index (χ1v) is 8.46. The summed E-state index contributed by atoms with van der Waals surface area (Å²) in [5.41, 5.74) is 0.298. The molecule has 0 spiro atoms. The van der Waals surface area contributed by atoms with Gasteiger partial charge in [-0.25, -0.2) is 8.42 Å². The third kappa shape index (κ3) is 2.97. The average molecular weight is 354 g/mol. The van der Waals surface area contributed by atoms with E-state index in [0.717, 1.165) is 0 Å². The summed E-state index contributed by atoms with van der Waals surface area (Å²) in [4.78, 5) is 11.7. The second kappa shape index (κ2) is 5.75. The Morgan fingerprint density at radius 2 is 1.83 bits per heavy atom. The molecular weight excluding hydrogens is 342 g/mol. The number of nitrogens with one attached hydrogen (secondary N) is 1. The summed E-state index contributed by atoms with van der Waals surface area (Å²) >= 11 is 5.94. The number of hydrogen-bond donors (Lipinski definition) is 1. The van der Waals surface area contributed by atoms with E-state index >= 15 is 0 Å². The van der Waals surface area contributed by atoms with E-state index in [1.54, 1.807) is 12.1 Å². The molecule has 0 bridgehead atoms. The Balaban J connectivity index is 2.06. The molecule has 23 heavy (non-hydrogen) atoms. The van der Waals surface area contributed by atoms with Crippen molar-refractivity contribution in [2.75, 3.05) is 11.5 Å². The van der Waals surface area contributed by atoms with E-state index < -0.39 is 10.0 Å². The van der Waals surface area contributed by atoms with Crippen molar-refractivity contribution < 1.29 is 22.7 Å². The van der Waals surface area contributed by atoms with Crippen molar-refractivity contribution in [3.8, 4) is 11.5 Å². The van der Waals surface area contributed by atoms with E-state index in [1.165, 1.54) is 31.2 Å². The molecule has 0 unspecified atom stereocenters. The zero-order chi connectivity index (χ0) is 16.6. The van der Waals surface area contributed by atoms with Crippen molar-refractivity contribution in [3.63, 3.8) is 0 Å². The van der Waals surface area contributed by atoms with Crippen molar-refractivity contribution in [2.45, 2.75) is 11.8 Å². The first-order valence-electron chi connectivity index (χ1n) is 6.60. The highest BCUT2D eigenvalue weighted by Crippen LogP contribution is 2.38. The molecule has 1 aliphatic heterocycles. The maximum atomic E-state index is 12.5. The molecule has 120 valence electrons. The number of hydrogen-bond acceptors (Lipinski definition) is 5. The first-order chi connectivity index (χ1) is 10.9. The first kappa shape index (κ1) is 15.6. The van der Waals surface area contributed by atoms with Crippen LogP contribution in [0, 0.1) is 0 Å². The summed E-state index contributed by atoms with van der Waals surface area (Å²) < 4.78 is 37.9. The zero-order valence-electron chi connectivity index (χ0n) is 12.0. The Bertz CT molecular complexity index is 895. The molecule has 6 nitrogen and oxygen atoms in total. The van der Waals surface area contributed by atoms with Crippen LogP contribution in [0.2, 0.25) is 5.02 Å². The Morgan fingerprint density at radius 1 is 1.17 bits per heavy atom. The zero-order valence-corrected chi connectivity index (χ0v) is 13.6. The second-order valence-corrected chi connectivity index (χ2v) is 6.90. The van der Waals surface area contributed by atoms with E-state index in [0.29, 0.717) is 11.5 Å². The largest absolute Gasteiger partial charge is 0.454 e. The van der Waals surface area contributed by atoms with E-state index in [4.69, 9.17) is 21.1 Å². The molecule has 0 atom stereocenters. The third-order valence-corrected chi connectivity index (χ3v) is 5.13. The van der Waals surface area contributed by atoms with Crippen molar-refractivity contribution in [3.05, 3.63) is 47.0 Å². The van der Waals surface area contributed by atoms with Crippen molar-refractivity contribution in [1.82, 2.24) is 0 Å². The van der Waals surface area contributed by atoms with Crippen LogP contribution in [-0.2, 0) is 10.0 Å². The lowest BCUT2D eigenvalue weighted by molar-refractivity contribution is 0.101. The molecule has 1 N–H and O–H groups in total. The van der Waals surface area contributed by atoms with E-state index in [2.05, 4.69) is 4.72 Å². The minimum Gasteiger partial charge on any atom is -0.454 e. The van der Waals surface area contributed by atoms with E-state index in [-0.39, 0.29) is 33.7 Å². The number of anilines is 1. The number of carbonyl (C=O) groups is 1. The van der Waals surface area contributed by atoms with Gasteiger partial charge in [0.25, 0.3) is 10.0 Å². The number of sulfonamides is 1. The van der Waals surface area contributed by atoms with Crippen LogP contribution in [0.1, 0.15) is 17.3 Å². The van der Waals surface area contributed by atoms with Gasteiger partial charge in [-0.15, -0.1) is 0 Å². The number of halogens is 1. The molecule has 0 fully saturated rings. The molecule has 0 aromatic heterocycles. The van der Waals surface area contributed by atoms with Gasteiger partial charge in [0.2, 0.25) is 6.79 Å². The Kier molecular flexibility index (Phi) is 3.91. The second-order valence-electron chi connectivity index (χ2n) is 4.84. The third-order valence-electron chi connectivity index (χ3n) is 3.26. The molecule has 0 amide bonds. The monoisotopic (exact) mass is 353 g/mol. The van der Waals surface area contributed by atoms with E-state index in [1.807, 2.05) is 0 Å². The number of ether oxygens (including phenoxy) is 2. The van der Waals surface area contributed by atoms with Crippen LogP contribution in [0.15, 0.2) is 41.3 Å². The summed E-state index contributed by atoms with van der Waals surface area (Å²) in [7, 11) is -3.95. The summed E-state index contributed by atoms with van der Waals surface area (Å²) in [6.07, 6.45) is 0. The van der Waals surface area contributed by atoms with Gasteiger partial charge in [-0.2, -0.15) is 0 Å². The lowest BCUT2D eigenvalue weighted by Gasteiger charge is -2.13. The normalized spacial score (nSPS) is 13.0. The maximum Gasteiger partial charge on any atom is 0.263 e. The molecule has 0 aliphatic carbocycles. The van der Waals surface area contributed by atoms with Gasteiger partial charge < -0.3 is 9.47 Å². The highest BCUT2D eigenvalue weighted by molar-refractivity contribution is 7.92. The summed E-state index contributed by atoms with van der Waals surface area (Å²) in [6.45, 7) is 1.36. The van der Waals surface area contributed by atoms with E-state index in [9.17, 15) is 13.2 Å². The van der Waals surface area contributed by atoms with Gasteiger partial charge in [0.1, 0.15) is 4.90 Å². The highest BCUT2D eigenvalue weighted by Gasteiger charge is 2.24. The van der Waals surface area contributed by atoms with Gasteiger partial charge in [-0.05, 0) is 25.1 Å². The topological polar surface area (TPSA) is 81.7 Å². The molecule has 0 saturated heterocycles. The Hall–Kier alpha value is -2.25. The molecular formula is C15H12ClNO5S. The number of ketones is 1. The quantitative estimate of drug-likeness (QED) is 0.854. The van der Waals surface area contributed by atoms with Crippen LogP contribution < -0.4 is 14.2 Å². The molecule has 0 saturated carbocycles. The molecule has 1 aliphatic rings. The standard InChI is InChI=1S/C15H12ClNO5S/c1-9(18)10-6-13-14(22-8-21-13)7-12(10)17-23(19,20)15-5-3-2-4-11(15)16/h2-7,17H,8H2,1H3. The summed E-state index contributed by atoms with van der Waals surface area (Å²) in [6, 6.07) is 8.92. The van der Waals surface area contributed by atoms with Crippen LogP contribution in [-0.4, -0.2) is 21.0 Å². The van der Waals surface area contributed by atoms with Crippen molar-refractivity contribution >= 4 is 33.1 Å². The number of fused-ring (bicyclic) bond motifs is 1. The lowest BCUT2D eigenvalue weighted by Crippen LogP contribution is -2.15. The van der Waals surface area contributed by atoms with Crippen LogP contribution in [0.3, 0.4) is 0 Å². The lowest BCUT2D eigenvalue weighted by atomic mass is 10.1. The van der Waals surface area contributed by atoms with Crippen LogP contribution in [0.25, 0.3) is 0 Å². The molecule has 2 aromatic rings. The van der Waals surface area contributed by atoms with Gasteiger partial charge >= 0.3 is 0 Å². The van der Waals surface area contributed by atoms with Gasteiger partial charge in [-0.1, -0.05) is 23.7 Å². The highest BCUT2D eigenvalue weighted by atomic mass is 35.5. The molecule has 3 rings (SSSR count). The van der Waals surface area contributed by atoms with Crippen LogP contribution in [0.5, 0.6) is 11.5 Å². The SMILES string of the molecule is CC(=O)c1cc2c(cc1NS(=O)(=O)c1ccccc1Cl)OCO2. The fraction of sp³-hybridized carbons (Fsp3) is 0.133. The van der Waals surface area contributed by atoms with Gasteiger partial charge in [-0.3, -0.25) is 9.52 Å². The molecule has 0 radical (unpaired) electrons. The number of carbonyl (C=O) groups excluding carboxylic acids is 1. The number of benzene rings is 2. The van der Waals surface area contributed by atoms with Crippen LogP contribution >= 0.6 is 11.6 Å².